The number of nitrogens with one attached hydrogen (secondary N) is 2. The molecule has 0 fully saturated rings. The zero-order valence-electron chi connectivity index (χ0n) is 15.1. The molecule has 1 atom stereocenters. The Labute approximate surface area is 173 Å². The summed E-state index contributed by atoms with van der Waals surface area (Å²) in [6, 6.07) is 6.20. The summed E-state index contributed by atoms with van der Waals surface area (Å²) in [5.74, 6) is 0.626. The van der Waals surface area contributed by atoms with Crippen LogP contribution in [0.25, 0.3) is 0 Å². The van der Waals surface area contributed by atoms with Gasteiger partial charge in [-0.15, -0.1) is 24.0 Å². The molecule has 0 heterocycles. The number of guanidine groups is 1. The van der Waals surface area contributed by atoms with E-state index >= 15 is 0 Å². The molecule has 0 aliphatic carbocycles. The Morgan fingerprint density at radius 3 is 2.46 bits per heavy atom. The Bertz CT molecular complexity index is 811. The van der Waals surface area contributed by atoms with E-state index in [1.165, 1.54) is 18.4 Å². The zero-order valence-corrected chi connectivity index (χ0v) is 19.1. The van der Waals surface area contributed by atoms with Crippen molar-refractivity contribution >= 4 is 49.8 Å². The van der Waals surface area contributed by atoms with E-state index in [1.807, 2.05) is 13.8 Å². The van der Waals surface area contributed by atoms with Crippen molar-refractivity contribution in [2.75, 3.05) is 18.6 Å². The smallest absolute Gasteiger partial charge is 0.238 e. The van der Waals surface area contributed by atoms with Gasteiger partial charge in [0.15, 0.2) is 5.96 Å². The number of rotatable bonds is 8. The molecule has 26 heavy (non-hydrogen) atoms. The van der Waals surface area contributed by atoms with Crippen LogP contribution in [-0.4, -0.2) is 47.4 Å². The van der Waals surface area contributed by atoms with Crippen molar-refractivity contribution in [2.24, 2.45) is 10.1 Å². The monoisotopic (exact) mass is 518 g/mol. The number of sulfonamides is 1. The van der Waals surface area contributed by atoms with Crippen molar-refractivity contribution in [1.82, 2.24) is 10.6 Å². The first kappa shape index (κ1) is 25.1. The predicted molar refractivity (Wildman–Crippen MR) is 115 cm³/mol. The van der Waals surface area contributed by atoms with Crippen LogP contribution in [0.5, 0.6) is 0 Å². The fraction of sp³-hybridized carbons (Fsp3) is 0.533. The van der Waals surface area contributed by atoms with E-state index in [4.69, 9.17) is 5.14 Å². The third-order valence-corrected chi connectivity index (χ3v) is 5.18. The van der Waals surface area contributed by atoms with Crippen LogP contribution < -0.4 is 15.8 Å². The molecular formula is C15H27IN4O4S2. The molecule has 0 aliphatic heterocycles. The molecule has 1 rings (SSSR count). The fourth-order valence-corrected chi connectivity index (χ4v) is 3.37. The lowest BCUT2D eigenvalue weighted by Gasteiger charge is -2.17. The number of benzene rings is 1. The number of primary sulfonamides is 1. The summed E-state index contributed by atoms with van der Waals surface area (Å²) in [6.45, 7) is 4.69. The van der Waals surface area contributed by atoms with Crippen LogP contribution in [0.2, 0.25) is 0 Å². The molecule has 11 heteroatoms. The van der Waals surface area contributed by atoms with Gasteiger partial charge in [0.05, 0.1) is 17.2 Å². The first-order valence-corrected chi connectivity index (χ1v) is 11.5. The molecule has 0 aliphatic rings. The number of sulfone groups is 1. The highest BCUT2D eigenvalue weighted by atomic mass is 127. The summed E-state index contributed by atoms with van der Waals surface area (Å²) in [5.41, 5.74) is 0.701. The number of nitrogens with two attached hydrogens (primary N) is 1. The highest BCUT2D eigenvalue weighted by Gasteiger charge is 2.10. The predicted octanol–water partition coefficient (Wildman–Crippen LogP) is 0.830. The van der Waals surface area contributed by atoms with Gasteiger partial charge in [-0.25, -0.2) is 27.0 Å². The van der Waals surface area contributed by atoms with E-state index in [1.54, 1.807) is 12.1 Å². The molecule has 1 unspecified atom stereocenters. The Balaban J connectivity index is 0.00000625. The highest BCUT2D eigenvalue weighted by Crippen LogP contribution is 2.10. The molecule has 0 aromatic heterocycles. The van der Waals surface area contributed by atoms with Crippen molar-refractivity contribution in [2.45, 2.75) is 37.8 Å². The Kier molecular flexibility index (Phi) is 10.7. The summed E-state index contributed by atoms with van der Waals surface area (Å²) in [7, 11) is -6.76. The quantitative estimate of drug-likeness (QED) is 0.266. The fourth-order valence-electron chi connectivity index (χ4n) is 2.01. The summed E-state index contributed by atoms with van der Waals surface area (Å²) in [5, 5.41) is 11.3. The van der Waals surface area contributed by atoms with Crippen molar-refractivity contribution < 1.29 is 16.8 Å². The molecular weight excluding hydrogens is 491 g/mol. The molecule has 1 aromatic rings. The molecule has 8 nitrogen and oxygen atoms in total. The Morgan fingerprint density at radius 2 is 1.92 bits per heavy atom. The van der Waals surface area contributed by atoms with Crippen LogP contribution in [-0.2, 0) is 26.4 Å². The van der Waals surface area contributed by atoms with Crippen LogP contribution in [0.3, 0.4) is 0 Å². The number of nitrogens with zero attached hydrogens (tertiary/aromatic N) is 1. The second-order valence-electron chi connectivity index (χ2n) is 5.85. The van der Waals surface area contributed by atoms with E-state index in [2.05, 4.69) is 15.6 Å². The van der Waals surface area contributed by atoms with Gasteiger partial charge in [-0.2, -0.15) is 0 Å². The molecule has 0 spiro atoms. The minimum atomic E-state index is -3.75. The summed E-state index contributed by atoms with van der Waals surface area (Å²) < 4.78 is 45.3. The van der Waals surface area contributed by atoms with E-state index in [0.29, 0.717) is 24.5 Å². The lowest BCUT2D eigenvalue weighted by Crippen LogP contribution is -2.42. The van der Waals surface area contributed by atoms with Crippen LogP contribution >= 0.6 is 24.0 Å². The van der Waals surface area contributed by atoms with Crippen LogP contribution in [0.1, 0.15) is 25.8 Å². The minimum absolute atomic E-state index is 0. The largest absolute Gasteiger partial charge is 0.357 e. The number of hydrogen-bond acceptors (Lipinski definition) is 5. The number of hydrogen-bond donors (Lipinski definition) is 3. The molecule has 150 valence electrons. The molecule has 0 saturated carbocycles. The standard InChI is InChI=1S/C15H26N4O4S2.HI/c1-4-17-15(19-12(2)8-9-24(3,20)21)18-11-13-6-5-7-14(10-13)25(16,22)23;/h5-7,10,12H,4,8-9,11H2,1-3H3,(H2,16,22,23)(H2,17,18,19);1H. The topological polar surface area (TPSA) is 131 Å². The molecule has 0 bridgehead atoms. The van der Waals surface area contributed by atoms with E-state index < -0.39 is 19.9 Å². The number of aliphatic imine (C=N–C) groups is 1. The van der Waals surface area contributed by atoms with Crippen molar-refractivity contribution in [1.29, 1.82) is 0 Å². The summed E-state index contributed by atoms with van der Waals surface area (Å²) >= 11 is 0. The van der Waals surface area contributed by atoms with Crippen molar-refractivity contribution in [3.05, 3.63) is 29.8 Å². The maximum atomic E-state index is 11.4. The Morgan fingerprint density at radius 1 is 1.27 bits per heavy atom. The first-order valence-electron chi connectivity index (χ1n) is 7.85. The minimum Gasteiger partial charge on any atom is -0.357 e. The van der Waals surface area contributed by atoms with Crippen LogP contribution in [0.15, 0.2) is 34.2 Å². The number of halogens is 1. The maximum Gasteiger partial charge on any atom is 0.238 e. The van der Waals surface area contributed by atoms with Gasteiger partial charge in [-0.1, -0.05) is 12.1 Å². The normalized spacial score (nSPS) is 13.6. The van der Waals surface area contributed by atoms with Gasteiger partial charge in [-0.3, -0.25) is 0 Å². The van der Waals surface area contributed by atoms with Gasteiger partial charge in [0, 0.05) is 18.8 Å². The Hall–Kier alpha value is -0.920. The molecule has 1 aromatic carbocycles. The highest BCUT2D eigenvalue weighted by molar-refractivity contribution is 14.0. The van der Waals surface area contributed by atoms with Crippen molar-refractivity contribution in [3.8, 4) is 0 Å². The van der Waals surface area contributed by atoms with Gasteiger partial charge in [0.25, 0.3) is 0 Å². The van der Waals surface area contributed by atoms with Gasteiger partial charge in [-0.05, 0) is 38.0 Å². The lowest BCUT2D eigenvalue weighted by atomic mass is 10.2. The van der Waals surface area contributed by atoms with Gasteiger partial charge in [0.2, 0.25) is 10.0 Å². The maximum absolute atomic E-state index is 11.4. The van der Waals surface area contributed by atoms with E-state index in [0.717, 1.165) is 0 Å². The van der Waals surface area contributed by atoms with Crippen molar-refractivity contribution in [3.63, 3.8) is 0 Å². The first-order chi connectivity index (χ1) is 11.5. The average molecular weight is 518 g/mol. The lowest BCUT2D eigenvalue weighted by molar-refractivity contribution is 0.581. The van der Waals surface area contributed by atoms with E-state index in [9.17, 15) is 16.8 Å². The van der Waals surface area contributed by atoms with E-state index in [-0.39, 0.29) is 47.2 Å². The molecule has 0 amide bonds. The van der Waals surface area contributed by atoms with Gasteiger partial charge in [0.1, 0.15) is 9.84 Å². The third kappa shape index (κ3) is 10.3. The molecule has 4 N–H and O–H groups in total. The second-order valence-corrected chi connectivity index (χ2v) is 9.67. The van der Waals surface area contributed by atoms with Gasteiger partial charge >= 0.3 is 0 Å². The molecule has 0 saturated heterocycles. The summed E-state index contributed by atoms with van der Waals surface area (Å²) in [6.07, 6.45) is 1.67. The average Bonchev–Trinajstić information content (AvgIpc) is 2.50. The van der Waals surface area contributed by atoms with Crippen LogP contribution in [0, 0.1) is 0 Å². The third-order valence-electron chi connectivity index (χ3n) is 3.30. The molecule has 0 radical (unpaired) electrons. The second kappa shape index (κ2) is 11.0. The SMILES string of the molecule is CCNC(=NCc1cccc(S(N)(=O)=O)c1)NC(C)CCS(C)(=O)=O.I. The van der Waals surface area contributed by atoms with Gasteiger partial charge < -0.3 is 10.6 Å². The van der Waals surface area contributed by atoms with Crippen LogP contribution in [0.4, 0.5) is 0 Å². The zero-order chi connectivity index (χ0) is 19.1. The summed E-state index contributed by atoms with van der Waals surface area (Å²) in [4.78, 5) is 4.44.